The molecule has 5 nitrogen and oxygen atoms in total. The van der Waals surface area contributed by atoms with Crippen LogP contribution < -0.4 is 10.5 Å². The van der Waals surface area contributed by atoms with Crippen LogP contribution in [0.15, 0.2) is 18.2 Å². The summed E-state index contributed by atoms with van der Waals surface area (Å²) in [7, 11) is 1.33. The number of esters is 1. The molecule has 0 fully saturated rings. The summed E-state index contributed by atoms with van der Waals surface area (Å²) in [6.07, 6.45) is 0. The second-order valence-corrected chi connectivity index (χ2v) is 5.05. The van der Waals surface area contributed by atoms with Gasteiger partial charge in [-0.3, -0.25) is 0 Å². The number of carbonyl (C=O) groups is 1. The summed E-state index contributed by atoms with van der Waals surface area (Å²) < 4.78 is 15.6. The Morgan fingerprint density at radius 1 is 1.26 bits per heavy atom. The maximum atomic E-state index is 11.3. The number of rotatable bonds is 5. The number of methoxy groups -OCH3 is 1. The van der Waals surface area contributed by atoms with Crippen molar-refractivity contribution in [2.24, 2.45) is 0 Å². The summed E-state index contributed by atoms with van der Waals surface area (Å²) in [6, 6.07) is 4.80. The molecule has 0 unspecified atom stereocenters. The van der Waals surface area contributed by atoms with Gasteiger partial charge < -0.3 is 19.9 Å². The van der Waals surface area contributed by atoms with Gasteiger partial charge >= 0.3 is 5.97 Å². The minimum Gasteiger partial charge on any atom is -0.489 e. The highest BCUT2D eigenvalue weighted by Crippen LogP contribution is 2.23. The van der Waals surface area contributed by atoms with E-state index in [0.29, 0.717) is 30.2 Å². The Labute approximate surface area is 113 Å². The Balaban J connectivity index is 2.54. The molecule has 1 aromatic carbocycles. The normalized spacial score (nSPS) is 11.2. The first kappa shape index (κ1) is 15.3. The van der Waals surface area contributed by atoms with E-state index >= 15 is 0 Å². The van der Waals surface area contributed by atoms with Crippen LogP contribution in [0.25, 0.3) is 0 Å². The van der Waals surface area contributed by atoms with Gasteiger partial charge in [-0.15, -0.1) is 0 Å². The Bertz CT molecular complexity index is 438. The summed E-state index contributed by atoms with van der Waals surface area (Å²) in [4.78, 5) is 11.3. The third-order valence-corrected chi connectivity index (χ3v) is 2.31. The van der Waals surface area contributed by atoms with Gasteiger partial charge in [0.25, 0.3) is 0 Å². The molecule has 0 aliphatic heterocycles. The monoisotopic (exact) mass is 267 g/mol. The Morgan fingerprint density at radius 3 is 2.47 bits per heavy atom. The van der Waals surface area contributed by atoms with Crippen LogP contribution in [0.3, 0.4) is 0 Å². The molecule has 19 heavy (non-hydrogen) atoms. The molecule has 0 aliphatic rings. The summed E-state index contributed by atoms with van der Waals surface area (Å²) in [6.45, 7) is 6.81. The van der Waals surface area contributed by atoms with Crippen LogP contribution in [0.1, 0.15) is 31.1 Å². The average Bonchev–Trinajstić information content (AvgIpc) is 2.33. The molecule has 0 saturated heterocycles. The highest BCUT2D eigenvalue weighted by Gasteiger charge is 2.11. The zero-order valence-corrected chi connectivity index (χ0v) is 11.9. The highest BCUT2D eigenvalue weighted by molar-refractivity contribution is 5.90. The van der Waals surface area contributed by atoms with Crippen LogP contribution in [0.5, 0.6) is 5.75 Å². The second-order valence-electron chi connectivity index (χ2n) is 5.05. The number of hydrogen-bond acceptors (Lipinski definition) is 5. The molecule has 0 saturated carbocycles. The first-order chi connectivity index (χ1) is 8.83. The first-order valence-electron chi connectivity index (χ1n) is 6.08. The minimum atomic E-state index is -0.422. The van der Waals surface area contributed by atoms with E-state index < -0.39 is 5.97 Å². The molecule has 0 aliphatic carbocycles. The van der Waals surface area contributed by atoms with Crippen molar-refractivity contribution in [1.29, 1.82) is 0 Å². The maximum absolute atomic E-state index is 11.3. The topological polar surface area (TPSA) is 70.8 Å². The van der Waals surface area contributed by atoms with E-state index in [-0.39, 0.29) is 5.60 Å². The van der Waals surface area contributed by atoms with E-state index in [1.54, 1.807) is 12.1 Å². The number of anilines is 1. The van der Waals surface area contributed by atoms with Crippen molar-refractivity contribution in [3.8, 4) is 5.75 Å². The fraction of sp³-hybridized carbons (Fsp3) is 0.500. The molecular formula is C14H21NO4. The SMILES string of the molecule is COC(=O)c1ccc(OCCOC(C)(C)C)c(N)c1. The number of nitrogens with two attached hydrogens (primary N) is 1. The van der Waals surface area contributed by atoms with Crippen molar-refractivity contribution >= 4 is 11.7 Å². The van der Waals surface area contributed by atoms with E-state index in [1.807, 2.05) is 20.8 Å². The molecule has 0 aromatic heterocycles. The smallest absolute Gasteiger partial charge is 0.337 e. The molecule has 0 spiro atoms. The zero-order valence-electron chi connectivity index (χ0n) is 11.9. The van der Waals surface area contributed by atoms with E-state index in [1.165, 1.54) is 13.2 Å². The van der Waals surface area contributed by atoms with Crippen LogP contribution in [0.4, 0.5) is 5.69 Å². The van der Waals surface area contributed by atoms with Gasteiger partial charge in [0.15, 0.2) is 0 Å². The molecule has 1 aromatic rings. The van der Waals surface area contributed by atoms with Crippen LogP contribution in [-0.4, -0.2) is 31.9 Å². The number of carbonyl (C=O) groups excluding carboxylic acids is 1. The van der Waals surface area contributed by atoms with Crippen LogP contribution >= 0.6 is 0 Å². The zero-order chi connectivity index (χ0) is 14.5. The lowest BCUT2D eigenvalue weighted by Crippen LogP contribution is -2.22. The Kier molecular flexibility index (Phi) is 5.18. The minimum absolute atomic E-state index is 0.191. The largest absolute Gasteiger partial charge is 0.489 e. The average molecular weight is 267 g/mol. The van der Waals surface area contributed by atoms with E-state index in [2.05, 4.69) is 4.74 Å². The molecule has 0 amide bonds. The van der Waals surface area contributed by atoms with Crippen LogP contribution in [0.2, 0.25) is 0 Å². The predicted octanol–water partition coefficient (Wildman–Crippen LogP) is 2.25. The van der Waals surface area contributed by atoms with E-state index in [9.17, 15) is 4.79 Å². The van der Waals surface area contributed by atoms with Gasteiger partial charge in [0, 0.05) is 0 Å². The molecule has 106 valence electrons. The van der Waals surface area contributed by atoms with E-state index in [0.717, 1.165) is 0 Å². The Morgan fingerprint density at radius 2 is 1.95 bits per heavy atom. The van der Waals surface area contributed by atoms with Crippen molar-refractivity contribution in [3.63, 3.8) is 0 Å². The molecule has 0 bridgehead atoms. The lowest BCUT2D eigenvalue weighted by Gasteiger charge is -2.19. The Hall–Kier alpha value is -1.75. The van der Waals surface area contributed by atoms with Gasteiger partial charge in [-0.25, -0.2) is 4.79 Å². The molecule has 5 heteroatoms. The molecule has 1 rings (SSSR count). The van der Waals surface area contributed by atoms with Gasteiger partial charge in [0.05, 0.1) is 30.6 Å². The molecule has 2 N–H and O–H groups in total. The van der Waals surface area contributed by atoms with Crippen molar-refractivity contribution in [2.75, 3.05) is 26.1 Å². The molecule has 0 radical (unpaired) electrons. The van der Waals surface area contributed by atoms with Crippen molar-refractivity contribution in [1.82, 2.24) is 0 Å². The van der Waals surface area contributed by atoms with Gasteiger partial charge in [-0.1, -0.05) is 0 Å². The standard InChI is InChI=1S/C14H21NO4/c1-14(2,3)19-8-7-18-12-6-5-10(9-11(12)15)13(16)17-4/h5-6,9H,7-8,15H2,1-4H3. The summed E-state index contributed by atoms with van der Waals surface area (Å²) in [5.74, 6) is 0.111. The first-order valence-corrected chi connectivity index (χ1v) is 6.08. The maximum Gasteiger partial charge on any atom is 0.337 e. The lowest BCUT2D eigenvalue weighted by atomic mass is 10.2. The third kappa shape index (κ3) is 5.18. The quantitative estimate of drug-likeness (QED) is 0.503. The molecule has 0 heterocycles. The number of hydrogen-bond donors (Lipinski definition) is 1. The number of nitrogen functional groups attached to an aromatic ring is 1. The third-order valence-electron chi connectivity index (χ3n) is 2.31. The van der Waals surface area contributed by atoms with Gasteiger partial charge in [0.2, 0.25) is 0 Å². The molecular weight excluding hydrogens is 246 g/mol. The number of benzene rings is 1. The van der Waals surface area contributed by atoms with Gasteiger partial charge in [0.1, 0.15) is 12.4 Å². The van der Waals surface area contributed by atoms with Crippen molar-refractivity contribution in [2.45, 2.75) is 26.4 Å². The van der Waals surface area contributed by atoms with Crippen molar-refractivity contribution < 1.29 is 19.0 Å². The summed E-state index contributed by atoms with van der Waals surface area (Å²) in [5.41, 5.74) is 6.42. The van der Waals surface area contributed by atoms with Crippen LogP contribution in [0, 0.1) is 0 Å². The lowest BCUT2D eigenvalue weighted by molar-refractivity contribution is -0.0162. The van der Waals surface area contributed by atoms with E-state index in [4.69, 9.17) is 15.2 Å². The summed E-state index contributed by atoms with van der Waals surface area (Å²) >= 11 is 0. The fourth-order valence-corrected chi connectivity index (χ4v) is 1.42. The van der Waals surface area contributed by atoms with Gasteiger partial charge in [-0.05, 0) is 39.0 Å². The van der Waals surface area contributed by atoms with Crippen molar-refractivity contribution in [3.05, 3.63) is 23.8 Å². The van der Waals surface area contributed by atoms with Gasteiger partial charge in [-0.2, -0.15) is 0 Å². The fourth-order valence-electron chi connectivity index (χ4n) is 1.42. The summed E-state index contributed by atoms with van der Waals surface area (Å²) in [5, 5.41) is 0. The second kappa shape index (κ2) is 6.43. The predicted molar refractivity (Wildman–Crippen MR) is 73.4 cm³/mol. The highest BCUT2D eigenvalue weighted by atomic mass is 16.5. The van der Waals surface area contributed by atoms with Crippen LogP contribution in [-0.2, 0) is 9.47 Å². The molecule has 0 atom stereocenters. The number of ether oxygens (including phenoxy) is 3.